The second kappa shape index (κ2) is 11.6. The van der Waals surface area contributed by atoms with Crippen LogP contribution in [0.3, 0.4) is 0 Å². The molecule has 3 amide bonds. The van der Waals surface area contributed by atoms with Crippen LogP contribution in [0, 0.1) is 0 Å². The third-order valence-electron chi connectivity index (χ3n) is 6.77. The normalized spacial score (nSPS) is 21.6. The Kier molecular flexibility index (Phi) is 8.30. The minimum Gasteiger partial charge on any atom is -0.362 e. The van der Waals surface area contributed by atoms with Crippen molar-refractivity contribution in [1.82, 2.24) is 25.4 Å². The number of para-hydroxylation sites is 1. The number of Topliss-reactive ketones (excluding diaryl/α,β-unsaturated/α-hetero) is 1. The summed E-state index contributed by atoms with van der Waals surface area (Å²) < 4.78 is 1.97. The smallest absolute Gasteiger partial charge is 0.251 e. The standard InChI is InChI=1S/C26H32ClN5O4/c1-17-14-28-26(36)23(30-22(33)15-29-25(35)21-10-4-6-13-32(17)21)24(34)19-16-31(12-7-5-11-27)20-9-3-2-8-18(19)20/h2-3,8-9,16,21,23H,1,4-7,10-15H2,(H,28,36)(H,29,35)(H,30,33). The summed E-state index contributed by atoms with van der Waals surface area (Å²) in [6.07, 6.45) is 5.87. The molecule has 1 aromatic carbocycles. The first-order valence-electron chi connectivity index (χ1n) is 12.4. The molecular formula is C26H32ClN5O4. The number of carbonyl (C=O) groups excluding carboxylic acids is 4. The molecule has 3 N–H and O–H groups in total. The average molecular weight is 514 g/mol. The van der Waals surface area contributed by atoms with Crippen LogP contribution in [0.5, 0.6) is 0 Å². The maximum Gasteiger partial charge on any atom is 0.251 e. The lowest BCUT2D eigenvalue weighted by Crippen LogP contribution is -2.57. The van der Waals surface area contributed by atoms with Gasteiger partial charge in [-0.15, -0.1) is 11.6 Å². The predicted molar refractivity (Wildman–Crippen MR) is 138 cm³/mol. The number of nitrogens with zero attached hydrogens (tertiary/aromatic N) is 2. The van der Waals surface area contributed by atoms with E-state index < -0.39 is 29.7 Å². The Morgan fingerprint density at radius 3 is 2.64 bits per heavy atom. The fourth-order valence-corrected chi connectivity index (χ4v) is 5.07. The number of benzene rings is 1. The molecule has 2 fully saturated rings. The molecule has 9 nitrogen and oxygen atoms in total. The molecule has 36 heavy (non-hydrogen) atoms. The monoisotopic (exact) mass is 513 g/mol. The number of alkyl halides is 1. The zero-order valence-electron chi connectivity index (χ0n) is 20.2. The number of rotatable bonds is 6. The Morgan fingerprint density at radius 1 is 1.06 bits per heavy atom. The minimum atomic E-state index is -1.44. The SMILES string of the molecule is C=C1CNC(=O)C(C(=O)c2cn(CCCCCl)c3ccccc23)NC(=O)CNC(=O)C2CCCCN12. The van der Waals surface area contributed by atoms with Crippen LogP contribution in [0.1, 0.15) is 42.5 Å². The van der Waals surface area contributed by atoms with Crippen LogP contribution in [-0.2, 0) is 20.9 Å². The number of piperidine rings is 1. The van der Waals surface area contributed by atoms with E-state index >= 15 is 0 Å². The Balaban J connectivity index is 1.61. The van der Waals surface area contributed by atoms with Gasteiger partial charge < -0.3 is 25.4 Å². The number of aryl methyl sites for hydroxylation is 1. The van der Waals surface area contributed by atoms with Gasteiger partial charge in [-0.2, -0.15) is 0 Å². The average Bonchev–Trinajstić information content (AvgIpc) is 3.26. The van der Waals surface area contributed by atoms with Gasteiger partial charge in [0.05, 0.1) is 13.1 Å². The van der Waals surface area contributed by atoms with E-state index in [0.717, 1.165) is 31.2 Å². The van der Waals surface area contributed by atoms with Crippen LogP contribution in [0.2, 0.25) is 0 Å². The molecule has 0 spiro atoms. The number of carbonyl (C=O) groups is 4. The fraction of sp³-hybridized carbons (Fsp3) is 0.462. The van der Waals surface area contributed by atoms with Crippen molar-refractivity contribution in [3.63, 3.8) is 0 Å². The number of aromatic nitrogens is 1. The summed E-state index contributed by atoms with van der Waals surface area (Å²) in [5, 5.41) is 8.64. The molecule has 0 saturated carbocycles. The van der Waals surface area contributed by atoms with Crippen LogP contribution >= 0.6 is 11.6 Å². The van der Waals surface area contributed by atoms with Gasteiger partial charge >= 0.3 is 0 Å². The Labute approximate surface area is 215 Å². The maximum atomic E-state index is 13.7. The van der Waals surface area contributed by atoms with Crippen LogP contribution < -0.4 is 16.0 Å². The molecular weight excluding hydrogens is 482 g/mol. The highest BCUT2D eigenvalue weighted by Gasteiger charge is 2.34. The van der Waals surface area contributed by atoms with Crippen LogP contribution in [0.15, 0.2) is 42.7 Å². The molecule has 2 aliphatic rings. The van der Waals surface area contributed by atoms with Crippen molar-refractivity contribution in [3.8, 4) is 0 Å². The van der Waals surface area contributed by atoms with Crippen LogP contribution in [-0.4, -0.2) is 70.6 Å². The number of halogens is 1. The molecule has 0 bridgehead atoms. The van der Waals surface area contributed by atoms with Crippen molar-refractivity contribution in [1.29, 1.82) is 0 Å². The highest BCUT2D eigenvalue weighted by Crippen LogP contribution is 2.24. The van der Waals surface area contributed by atoms with Gasteiger partial charge in [0, 0.05) is 47.3 Å². The highest BCUT2D eigenvalue weighted by atomic mass is 35.5. The summed E-state index contributed by atoms with van der Waals surface area (Å²) in [6, 6.07) is 5.59. The Bertz CT molecular complexity index is 1180. The van der Waals surface area contributed by atoms with Gasteiger partial charge in [-0.1, -0.05) is 24.8 Å². The van der Waals surface area contributed by atoms with E-state index in [9.17, 15) is 19.2 Å². The van der Waals surface area contributed by atoms with Crippen molar-refractivity contribution in [2.45, 2.75) is 50.7 Å². The van der Waals surface area contributed by atoms with E-state index in [1.54, 1.807) is 6.20 Å². The summed E-state index contributed by atoms with van der Waals surface area (Å²) in [5.74, 6) is -1.45. The third-order valence-corrected chi connectivity index (χ3v) is 7.04. The first-order valence-corrected chi connectivity index (χ1v) is 12.9. The summed E-state index contributed by atoms with van der Waals surface area (Å²) in [6.45, 7) is 5.13. The fourth-order valence-electron chi connectivity index (χ4n) is 4.88. The first-order chi connectivity index (χ1) is 17.4. The van der Waals surface area contributed by atoms with Gasteiger partial charge in [0.15, 0.2) is 11.8 Å². The van der Waals surface area contributed by atoms with E-state index in [1.807, 2.05) is 33.7 Å². The summed E-state index contributed by atoms with van der Waals surface area (Å²) in [7, 11) is 0. The second-order valence-corrected chi connectivity index (χ2v) is 9.60. The van der Waals surface area contributed by atoms with Crippen LogP contribution in [0.25, 0.3) is 10.9 Å². The molecule has 4 rings (SSSR count). The van der Waals surface area contributed by atoms with Gasteiger partial charge in [0.25, 0.3) is 5.91 Å². The number of nitrogens with one attached hydrogen (secondary N) is 3. The molecule has 1 aromatic heterocycles. The quantitative estimate of drug-likeness (QED) is 0.236. The number of hydrogen-bond donors (Lipinski definition) is 3. The molecule has 2 saturated heterocycles. The van der Waals surface area contributed by atoms with Gasteiger partial charge in [-0.05, 0) is 38.2 Å². The molecule has 192 valence electrons. The van der Waals surface area contributed by atoms with Crippen molar-refractivity contribution in [2.24, 2.45) is 0 Å². The van der Waals surface area contributed by atoms with E-state index in [2.05, 4.69) is 22.5 Å². The van der Waals surface area contributed by atoms with E-state index in [-0.39, 0.29) is 19.0 Å². The largest absolute Gasteiger partial charge is 0.362 e. The van der Waals surface area contributed by atoms with Gasteiger partial charge in [-0.25, -0.2) is 0 Å². The number of amides is 3. The van der Waals surface area contributed by atoms with Crippen molar-refractivity contribution in [2.75, 3.05) is 25.5 Å². The molecule has 2 aliphatic heterocycles. The maximum absolute atomic E-state index is 13.7. The summed E-state index contributed by atoms with van der Waals surface area (Å²) >= 11 is 5.82. The number of hydrogen-bond acceptors (Lipinski definition) is 5. The number of unbranched alkanes of at least 4 members (excludes halogenated alkanes) is 1. The second-order valence-electron chi connectivity index (χ2n) is 9.22. The Hall–Kier alpha value is -3.33. The molecule has 2 atom stereocenters. The molecule has 0 aliphatic carbocycles. The van der Waals surface area contributed by atoms with E-state index in [4.69, 9.17) is 11.6 Å². The van der Waals surface area contributed by atoms with Crippen molar-refractivity contribution >= 4 is 46.0 Å². The lowest BCUT2D eigenvalue weighted by Gasteiger charge is -2.38. The minimum absolute atomic E-state index is 0.0719. The summed E-state index contributed by atoms with van der Waals surface area (Å²) in [5.41, 5.74) is 1.81. The predicted octanol–water partition coefficient (Wildman–Crippen LogP) is 1.94. The van der Waals surface area contributed by atoms with Gasteiger partial charge in [-0.3, -0.25) is 19.2 Å². The zero-order valence-corrected chi connectivity index (χ0v) is 21.0. The van der Waals surface area contributed by atoms with Crippen LogP contribution in [0.4, 0.5) is 0 Å². The lowest BCUT2D eigenvalue weighted by atomic mass is 10.00. The van der Waals surface area contributed by atoms with E-state index in [1.165, 1.54) is 0 Å². The molecule has 3 heterocycles. The topological polar surface area (TPSA) is 113 Å². The summed E-state index contributed by atoms with van der Waals surface area (Å²) in [4.78, 5) is 54.2. The van der Waals surface area contributed by atoms with E-state index in [0.29, 0.717) is 42.0 Å². The lowest BCUT2D eigenvalue weighted by molar-refractivity contribution is -0.131. The first kappa shape index (κ1) is 25.8. The number of ketones is 1. The zero-order chi connectivity index (χ0) is 25.7. The highest BCUT2D eigenvalue weighted by molar-refractivity contribution is 6.20. The molecule has 2 aromatic rings. The Morgan fingerprint density at radius 2 is 1.83 bits per heavy atom. The van der Waals surface area contributed by atoms with Crippen molar-refractivity contribution < 1.29 is 19.2 Å². The molecule has 0 radical (unpaired) electrons. The van der Waals surface area contributed by atoms with Gasteiger partial charge in [0.1, 0.15) is 6.04 Å². The molecule has 2 unspecified atom stereocenters. The third kappa shape index (κ3) is 5.56. The number of fused-ring (bicyclic) bond motifs is 2. The van der Waals surface area contributed by atoms with Gasteiger partial charge in [0.2, 0.25) is 11.8 Å². The van der Waals surface area contributed by atoms with Crippen molar-refractivity contribution in [3.05, 3.63) is 48.3 Å². The molecule has 10 heteroatoms.